The molecule has 0 saturated carbocycles. The Morgan fingerprint density at radius 1 is 1.15 bits per heavy atom. The smallest absolute Gasteiger partial charge is 0.270 e. The number of ether oxygens (including phenoxy) is 1. The Labute approximate surface area is 165 Å². The third kappa shape index (κ3) is 3.27. The van der Waals surface area contributed by atoms with Crippen LogP contribution in [0.3, 0.4) is 0 Å². The predicted molar refractivity (Wildman–Crippen MR) is 112 cm³/mol. The predicted octanol–water partition coefficient (Wildman–Crippen LogP) is 4.35. The first-order chi connectivity index (χ1) is 13.1. The monoisotopic (exact) mass is 394 g/mol. The van der Waals surface area contributed by atoms with Crippen molar-refractivity contribution in [1.82, 2.24) is 4.98 Å². The number of aromatic nitrogens is 1. The molecule has 0 spiro atoms. The number of para-hydroxylation sites is 1. The highest BCUT2D eigenvalue weighted by atomic mass is 32.2. The molecule has 1 saturated heterocycles. The van der Waals surface area contributed by atoms with Crippen molar-refractivity contribution in [3.63, 3.8) is 0 Å². The van der Waals surface area contributed by atoms with Gasteiger partial charge in [-0.2, -0.15) is 0 Å². The Morgan fingerprint density at radius 2 is 1.93 bits per heavy atom. The first-order valence-electron chi connectivity index (χ1n) is 8.07. The van der Waals surface area contributed by atoms with Gasteiger partial charge in [-0.3, -0.25) is 9.69 Å². The van der Waals surface area contributed by atoms with Crippen LogP contribution in [0.2, 0.25) is 0 Å². The molecule has 1 amide bonds. The van der Waals surface area contributed by atoms with Gasteiger partial charge in [0.25, 0.3) is 5.91 Å². The number of fused-ring (bicyclic) bond motifs is 1. The fraction of sp³-hybridized carbons (Fsp3) is 0.0500. The fourth-order valence-electron chi connectivity index (χ4n) is 2.81. The van der Waals surface area contributed by atoms with Crippen LogP contribution >= 0.6 is 24.0 Å². The van der Waals surface area contributed by atoms with Gasteiger partial charge < -0.3 is 9.84 Å². The maximum Gasteiger partial charge on any atom is 0.270 e. The van der Waals surface area contributed by atoms with Crippen molar-refractivity contribution in [3.8, 4) is 11.5 Å². The van der Waals surface area contributed by atoms with Crippen molar-refractivity contribution >= 4 is 56.9 Å². The first kappa shape index (κ1) is 17.5. The molecular formula is C20H14N2O3S2. The maximum absolute atomic E-state index is 12.8. The van der Waals surface area contributed by atoms with E-state index in [2.05, 4.69) is 4.98 Å². The number of thioether (sulfide) groups is 1. The zero-order chi connectivity index (χ0) is 19.0. The van der Waals surface area contributed by atoms with Crippen LogP contribution in [-0.2, 0) is 4.79 Å². The molecule has 27 heavy (non-hydrogen) atoms. The van der Waals surface area contributed by atoms with E-state index < -0.39 is 0 Å². The van der Waals surface area contributed by atoms with E-state index in [4.69, 9.17) is 17.0 Å². The number of methoxy groups -OCH3 is 1. The minimum absolute atomic E-state index is 0.133. The second-order valence-corrected chi connectivity index (χ2v) is 7.48. The normalized spacial score (nSPS) is 15.7. The summed E-state index contributed by atoms with van der Waals surface area (Å²) in [6, 6.07) is 15.9. The summed E-state index contributed by atoms with van der Waals surface area (Å²) in [5, 5.41) is 10.4. The zero-order valence-electron chi connectivity index (χ0n) is 14.2. The molecule has 1 aliphatic rings. The van der Waals surface area contributed by atoms with E-state index in [-0.39, 0.29) is 11.7 Å². The number of amides is 1. The van der Waals surface area contributed by atoms with Gasteiger partial charge in [0.1, 0.15) is 17.0 Å². The number of phenols is 1. The molecule has 0 unspecified atom stereocenters. The molecule has 0 atom stereocenters. The second-order valence-electron chi connectivity index (χ2n) is 5.80. The number of nitrogens with zero attached hydrogens (tertiary/aromatic N) is 2. The van der Waals surface area contributed by atoms with Gasteiger partial charge >= 0.3 is 0 Å². The fourth-order valence-corrected chi connectivity index (χ4v) is 4.09. The Hall–Kier alpha value is -2.90. The number of carbonyl (C=O) groups excluding carboxylic acids is 1. The Bertz CT molecular complexity index is 1090. The molecule has 4 rings (SSSR count). The number of hydrogen-bond acceptors (Lipinski definition) is 6. The average molecular weight is 394 g/mol. The summed E-state index contributed by atoms with van der Waals surface area (Å²) in [6.07, 6.45) is 1.73. The lowest BCUT2D eigenvalue weighted by Crippen LogP contribution is -2.27. The average Bonchev–Trinajstić information content (AvgIpc) is 2.95. The van der Waals surface area contributed by atoms with Crippen LogP contribution in [0.4, 0.5) is 5.69 Å². The number of thiocarbonyl (C=S) groups is 1. The highest BCUT2D eigenvalue weighted by Crippen LogP contribution is 2.36. The van der Waals surface area contributed by atoms with Crippen LogP contribution in [-0.4, -0.2) is 27.4 Å². The van der Waals surface area contributed by atoms with Gasteiger partial charge in [-0.25, -0.2) is 4.98 Å². The van der Waals surface area contributed by atoms with Gasteiger partial charge in [0.2, 0.25) is 0 Å². The van der Waals surface area contributed by atoms with E-state index >= 15 is 0 Å². The Kier molecular flexibility index (Phi) is 4.55. The maximum atomic E-state index is 12.8. The van der Waals surface area contributed by atoms with Gasteiger partial charge in [-0.05, 0) is 42.5 Å². The summed E-state index contributed by atoms with van der Waals surface area (Å²) in [5.41, 5.74) is 2.01. The highest BCUT2D eigenvalue weighted by molar-refractivity contribution is 8.27. The zero-order valence-corrected chi connectivity index (χ0v) is 15.9. The number of hydrogen-bond donors (Lipinski definition) is 1. The van der Waals surface area contributed by atoms with E-state index in [1.807, 2.05) is 30.3 Å². The van der Waals surface area contributed by atoms with E-state index in [1.54, 1.807) is 25.3 Å². The molecule has 1 aliphatic heterocycles. The molecule has 2 aromatic carbocycles. The number of rotatable bonds is 3. The number of pyridine rings is 1. The topological polar surface area (TPSA) is 62.7 Å². The van der Waals surface area contributed by atoms with Gasteiger partial charge in [-0.1, -0.05) is 42.2 Å². The van der Waals surface area contributed by atoms with E-state index in [1.165, 1.54) is 28.8 Å². The molecule has 0 radical (unpaired) electrons. The summed E-state index contributed by atoms with van der Waals surface area (Å²) < 4.78 is 5.81. The summed E-state index contributed by atoms with van der Waals surface area (Å²) in [4.78, 5) is 19.4. The van der Waals surface area contributed by atoms with Crippen LogP contribution in [0.1, 0.15) is 5.69 Å². The standard InChI is InChI=1S/C20H14N2O3S2/c1-25-16-4-2-3-12-5-6-13(21-18(12)16)11-17-19(24)22(20(26)27-17)14-7-9-15(23)10-8-14/h2-11,23H,1H3/b17-11-. The third-order valence-corrected chi connectivity index (χ3v) is 5.41. The molecule has 1 aromatic heterocycles. The second kappa shape index (κ2) is 7.02. The number of anilines is 1. The summed E-state index contributed by atoms with van der Waals surface area (Å²) in [6.45, 7) is 0. The largest absolute Gasteiger partial charge is 0.508 e. The molecule has 0 bridgehead atoms. The van der Waals surface area contributed by atoms with Gasteiger partial charge in [0.05, 0.1) is 23.4 Å². The van der Waals surface area contributed by atoms with E-state index in [9.17, 15) is 9.90 Å². The number of aromatic hydroxyl groups is 1. The molecule has 1 fully saturated rings. The minimum atomic E-state index is -0.211. The molecule has 1 N–H and O–H groups in total. The van der Waals surface area contributed by atoms with Gasteiger partial charge in [0, 0.05) is 5.39 Å². The van der Waals surface area contributed by atoms with Crippen molar-refractivity contribution in [3.05, 3.63) is 65.2 Å². The van der Waals surface area contributed by atoms with Crippen LogP contribution in [0, 0.1) is 0 Å². The van der Waals surface area contributed by atoms with Crippen molar-refractivity contribution in [2.45, 2.75) is 0 Å². The van der Waals surface area contributed by atoms with Crippen molar-refractivity contribution in [2.75, 3.05) is 12.0 Å². The molecular weight excluding hydrogens is 380 g/mol. The minimum Gasteiger partial charge on any atom is -0.508 e. The van der Waals surface area contributed by atoms with Crippen LogP contribution in [0.5, 0.6) is 11.5 Å². The van der Waals surface area contributed by atoms with Crippen LogP contribution in [0.25, 0.3) is 17.0 Å². The summed E-state index contributed by atoms with van der Waals surface area (Å²) in [7, 11) is 1.60. The third-order valence-electron chi connectivity index (χ3n) is 4.11. The SMILES string of the molecule is COc1cccc2ccc(/C=C3\SC(=S)N(c4ccc(O)cc4)C3=O)nc12. The van der Waals surface area contributed by atoms with Gasteiger partial charge in [-0.15, -0.1) is 0 Å². The number of phenolic OH excluding ortho intramolecular Hbond substituents is 1. The molecule has 7 heteroatoms. The molecule has 5 nitrogen and oxygen atoms in total. The molecule has 2 heterocycles. The summed E-state index contributed by atoms with van der Waals surface area (Å²) in [5.74, 6) is 0.603. The van der Waals surface area contributed by atoms with E-state index in [0.717, 1.165) is 10.9 Å². The first-order valence-corrected chi connectivity index (χ1v) is 9.30. The van der Waals surface area contributed by atoms with Crippen molar-refractivity contribution in [1.29, 1.82) is 0 Å². The Morgan fingerprint density at radius 3 is 2.67 bits per heavy atom. The Balaban J connectivity index is 1.70. The molecule has 134 valence electrons. The van der Waals surface area contributed by atoms with Crippen molar-refractivity contribution in [2.24, 2.45) is 0 Å². The lowest BCUT2D eigenvalue weighted by Gasteiger charge is -2.14. The van der Waals surface area contributed by atoms with E-state index in [0.29, 0.717) is 26.4 Å². The number of carbonyl (C=O) groups is 1. The quantitative estimate of drug-likeness (QED) is 0.526. The van der Waals surface area contributed by atoms with Crippen molar-refractivity contribution < 1.29 is 14.6 Å². The highest BCUT2D eigenvalue weighted by Gasteiger charge is 2.33. The lowest BCUT2D eigenvalue weighted by atomic mass is 10.2. The summed E-state index contributed by atoms with van der Waals surface area (Å²) >= 11 is 6.59. The molecule has 0 aliphatic carbocycles. The molecule has 3 aromatic rings. The van der Waals surface area contributed by atoms with Crippen LogP contribution < -0.4 is 9.64 Å². The van der Waals surface area contributed by atoms with Crippen LogP contribution in [0.15, 0.2) is 59.5 Å². The lowest BCUT2D eigenvalue weighted by molar-refractivity contribution is -0.113. The van der Waals surface area contributed by atoms with Gasteiger partial charge in [0.15, 0.2) is 4.32 Å². The number of benzene rings is 2.